The molecule has 0 aliphatic heterocycles. The summed E-state index contributed by atoms with van der Waals surface area (Å²) in [5.41, 5.74) is 0. The van der Waals surface area contributed by atoms with Crippen LogP contribution >= 0.6 is 22.7 Å². The molecular formula is C10H4N4O2S2. The fourth-order valence-electron chi connectivity index (χ4n) is 1.50. The van der Waals surface area contributed by atoms with E-state index in [1.807, 2.05) is 0 Å². The molecule has 0 N–H and O–H groups in total. The molecule has 0 amide bonds. The number of aromatic nitrogens is 4. The first kappa shape index (κ1) is 9.92. The highest BCUT2D eigenvalue weighted by molar-refractivity contribution is 7.29. The molecule has 0 saturated heterocycles. The fourth-order valence-corrected chi connectivity index (χ4v) is 3.44. The molecule has 4 rings (SSSR count). The Hall–Kier alpha value is -2.06. The van der Waals surface area contributed by atoms with Crippen molar-refractivity contribution in [2.75, 3.05) is 0 Å². The average molecular weight is 276 g/mol. The molecule has 0 aliphatic carbocycles. The SMILES string of the molecule is c1ncc(-c2nc3sc(-c4cnco4)nc3s2)o1. The standard InChI is InChI=1S/C10H4N4O2S2/c1-5(15-3-11-1)7-13-9-10(17-7)14-8(18-9)6-2-12-4-16-6/h1-4H. The highest BCUT2D eigenvalue weighted by atomic mass is 32.1. The Morgan fingerprint density at radius 2 is 1.28 bits per heavy atom. The van der Waals surface area contributed by atoms with Crippen molar-refractivity contribution in [1.29, 1.82) is 0 Å². The molecule has 0 unspecified atom stereocenters. The average Bonchev–Trinajstić information content (AvgIpc) is 3.13. The quantitative estimate of drug-likeness (QED) is 0.560. The summed E-state index contributed by atoms with van der Waals surface area (Å²) in [5, 5.41) is 1.57. The van der Waals surface area contributed by atoms with Crippen molar-refractivity contribution in [3.05, 3.63) is 25.2 Å². The second-order valence-corrected chi connectivity index (χ2v) is 5.33. The third-order valence-electron chi connectivity index (χ3n) is 2.26. The number of rotatable bonds is 2. The number of hydrogen-bond acceptors (Lipinski definition) is 8. The van der Waals surface area contributed by atoms with Gasteiger partial charge in [0.1, 0.15) is 0 Å². The third kappa shape index (κ3) is 1.46. The minimum Gasteiger partial charge on any atom is -0.441 e. The van der Waals surface area contributed by atoms with Gasteiger partial charge in [0, 0.05) is 0 Å². The van der Waals surface area contributed by atoms with Gasteiger partial charge in [-0.1, -0.05) is 22.7 Å². The van der Waals surface area contributed by atoms with Gasteiger partial charge in [-0.15, -0.1) is 0 Å². The third-order valence-corrected chi connectivity index (χ3v) is 4.32. The van der Waals surface area contributed by atoms with Crippen LogP contribution in [-0.2, 0) is 0 Å². The molecule has 8 heteroatoms. The molecule has 0 spiro atoms. The van der Waals surface area contributed by atoms with E-state index in [2.05, 4.69) is 19.9 Å². The molecule has 6 nitrogen and oxygen atoms in total. The van der Waals surface area contributed by atoms with E-state index in [0.29, 0.717) is 11.5 Å². The summed E-state index contributed by atoms with van der Waals surface area (Å²) in [7, 11) is 0. The summed E-state index contributed by atoms with van der Waals surface area (Å²) < 4.78 is 10.4. The number of hydrogen-bond donors (Lipinski definition) is 0. The Labute approximate surface area is 108 Å². The van der Waals surface area contributed by atoms with E-state index < -0.39 is 0 Å². The Morgan fingerprint density at radius 1 is 0.778 bits per heavy atom. The van der Waals surface area contributed by atoms with Gasteiger partial charge in [-0.25, -0.2) is 19.9 Å². The molecule has 0 fully saturated rings. The van der Waals surface area contributed by atoms with Gasteiger partial charge in [0.15, 0.2) is 44.0 Å². The van der Waals surface area contributed by atoms with Crippen LogP contribution in [0, 0.1) is 0 Å². The van der Waals surface area contributed by atoms with Crippen LogP contribution in [0.2, 0.25) is 0 Å². The van der Waals surface area contributed by atoms with Crippen LogP contribution in [0.3, 0.4) is 0 Å². The summed E-state index contributed by atoms with van der Waals surface area (Å²) in [6.07, 6.45) is 6.05. The van der Waals surface area contributed by atoms with Gasteiger partial charge in [-0.3, -0.25) is 0 Å². The first-order valence-electron chi connectivity index (χ1n) is 4.95. The van der Waals surface area contributed by atoms with E-state index in [9.17, 15) is 0 Å². The highest BCUT2D eigenvalue weighted by Crippen LogP contribution is 2.36. The molecule has 0 saturated carbocycles. The van der Waals surface area contributed by atoms with Crippen LogP contribution in [0.25, 0.3) is 31.2 Å². The predicted octanol–water partition coefficient (Wildman–Crippen LogP) is 3.06. The Balaban J connectivity index is 1.82. The maximum absolute atomic E-state index is 5.21. The van der Waals surface area contributed by atoms with Gasteiger partial charge < -0.3 is 8.83 Å². The van der Waals surface area contributed by atoms with Gasteiger partial charge in [-0.05, 0) is 0 Å². The zero-order valence-electron chi connectivity index (χ0n) is 8.73. The molecule has 18 heavy (non-hydrogen) atoms. The first-order valence-corrected chi connectivity index (χ1v) is 6.58. The van der Waals surface area contributed by atoms with Crippen LogP contribution in [0.5, 0.6) is 0 Å². The number of thiazole rings is 2. The first-order chi connectivity index (χ1) is 8.90. The summed E-state index contributed by atoms with van der Waals surface area (Å²) in [4.78, 5) is 18.4. The molecule has 0 bridgehead atoms. The second-order valence-electron chi connectivity index (χ2n) is 3.38. The zero-order chi connectivity index (χ0) is 11.9. The zero-order valence-corrected chi connectivity index (χ0v) is 10.4. The summed E-state index contributed by atoms with van der Waals surface area (Å²) in [5.74, 6) is 1.32. The lowest BCUT2D eigenvalue weighted by molar-refractivity contribution is 0.571. The lowest BCUT2D eigenvalue weighted by Crippen LogP contribution is -1.69. The molecule has 4 heterocycles. The van der Waals surface area contributed by atoms with Crippen LogP contribution in [0.4, 0.5) is 0 Å². The minimum absolute atomic E-state index is 0.659. The van der Waals surface area contributed by atoms with Crippen molar-refractivity contribution >= 4 is 32.3 Å². The maximum Gasteiger partial charge on any atom is 0.183 e. The Morgan fingerprint density at radius 3 is 1.67 bits per heavy atom. The Bertz CT molecular complexity index is 690. The van der Waals surface area contributed by atoms with Crippen molar-refractivity contribution in [2.45, 2.75) is 0 Å². The fraction of sp³-hybridized carbons (Fsp3) is 0. The van der Waals surface area contributed by atoms with E-state index in [1.165, 1.54) is 35.5 Å². The number of oxazole rings is 2. The molecule has 0 atom stereocenters. The smallest absolute Gasteiger partial charge is 0.183 e. The lowest BCUT2D eigenvalue weighted by atomic mass is 10.5. The number of nitrogens with zero attached hydrogens (tertiary/aromatic N) is 4. The summed E-state index contributed by atoms with van der Waals surface area (Å²) in [6, 6.07) is 0. The molecule has 0 aliphatic rings. The van der Waals surface area contributed by atoms with Crippen molar-refractivity contribution in [3.63, 3.8) is 0 Å². The largest absolute Gasteiger partial charge is 0.441 e. The van der Waals surface area contributed by atoms with Gasteiger partial charge in [0.25, 0.3) is 0 Å². The Kier molecular flexibility index (Phi) is 2.05. The second kappa shape index (κ2) is 3.72. The van der Waals surface area contributed by atoms with E-state index in [4.69, 9.17) is 8.83 Å². The monoisotopic (exact) mass is 276 g/mol. The van der Waals surface area contributed by atoms with Crippen LogP contribution in [-0.4, -0.2) is 19.9 Å². The molecule has 4 aromatic rings. The van der Waals surface area contributed by atoms with Crippen LogP contribution < -0.4 is 0 Å². The number of fused-ring (bicyclic) bond motifs is 1. The van der Waals surface area contributed by atoms with E-state index in [-0.39, 0.29) is 0 Å². The normalized spacial score (nSPS) is 11.3. The van der Waals surface area contributed by atoms with Gasteiger partial charge in [-0.2, -0.15) is 0 Å². The van der Waals surface area contributed by atoms with Crippen LogP contribution in [0.1, 0.15) is 0 Å². The molecule has 88 valence electrons. The van der Waals surface area contributed by atoms with Crippen molar-refractivity contribution < 1.29 is 8.83 Å². The van der Waals surface area contributed by atoms with Gasteiger partial charge >= 0.3 is 0 Å². The molecule has 0 aromatic carbocycles. The van der Waals surface area contributed by atoms with E-state index in [0.717, 1.165) is 19.7 Å². The minimum atomic E-state index is 0.659. The predicted molar refractivity (Wildman–Crippen MR) is 66.3 cm³/mol. The molecular weight excluding hydrogens is 272 g/mol. The van der Waals surface area contributed by atoms with Gasteiger partial charge in [0.05, 0.1) is 12.4 Å². The van der Waals surface area contributed by atoms with E-state index in [1.54, 1.807) is 12.4 Å². The van der Waals surface area contributed by atoms with Crippen molar-refractivity contribution in [3.8, 4) is 21.5 Å². The summed E-state index contributed by atoms with van der Waals surface area (Å²) >= 11 is 2.93. The molecule has 0 radical (unpaired) electrons. The van der Waals surface area contributed by atoms with Crippen molar-refractivity contribution in [1.82, 2.24) is 19.9 Å². The molecule has 4 aromatic heterocycles. The van der Waals surface area contributed by atoms with E-state index >= 15 is 0 Å². The van der Waals surface area contributed by atoms with Crippen LogP contribution in [0.15, 0.2) is 34.0 Å². The summed E-state index contributed by atoms with van der Waals surface area (Å²) in [6.45, 7) is 0. The topological polar surface area (TPSA) is 77.8 Å². The lowest BCUT2D eigenvalue weighted by Gasteiger charge is -1.86. The highest BCUT2D eigenvalue weighted by Gasteiger charge is 2.15. The van der Waals surface area contributed by atoms with Gasteiger partial charge in [0.2, 0.25) is 0 Å². The maximum atomic E-state index is 5.21. The van der Waals surface area contributed by atoms with Crippen molar-refractivity contribution in [2.24, 2.45) is 0 Å².